The molecule has 1 aromatic carbocycles. The summed E-state index contributed by atoms with van der Waals surface area (Å²) in [6.45, 7) is 3.43. The Morgan fingerprint density at radius 3 is 2.86 bits per heavy atom. The molecule has 21 heavy (non-hydrogen) atoms. The van der Waals surface area contributed by atoms with Gasteiger partial charge < -0.3 is 5.11 Å². The van der Waals surface area contributed by atoms with Crippen LogP contribution in [0.25, 0.3) is 5.69 Å². The van der Waals surface area contributed by atoms with Crippen LogP contribution in [0.15, 0.2) is 42.6 Å². The fourth-order valence-corrected chi connectivity index (χ4v) is 3.11. The maximum Gasteiger partial charge on any atom is 0.0769 e. The van der Waals surface area contributed by atoms with Crippen LogP contribution in [0.5, 0.6) is 0 Å². The maximum absolute atomic E-state index is 9.09. The van der Waals surface area contributed by atoms with Gasteiger partial charge >= 0.3 is 0 Å². The van der Waals surface area contributed by atoms with Gasteiger partial charge in [0.1, 0.15) is 0 Å². The lowest BCUT2D eigenvalue weighted by Crippen LogP contribution is -2.35. The smallest absolute Gasteiger partial charge is 0.0769 e. The second kappa shape index (κ2) is 6.87. The highest BCUT2D eigenvalue weighted by Gasteiger charge is 2.20. The van der Waals surface area contributed by atoms with Gasteiger partial charge in [0.25, 0.3) is 0 Å². The van der Waals surface area contributed by atoms with Gasteiger partial charge in [0.15, 0.2) is 0 Å². The zero-order valence-corrected chi connectivity index (χ0v) is 12.4. The first-order valence-corrected chi connectivity index (χ1v) is 7.78. The van der Waals surface area contributed by atoms with Gasteiger partial charge in [-0.3, -0.25) is 4.90 Å². The number of hydrogen-bond acceptors (Lipinski definition) is 3. The predicted octanol–water partition coefficient (Wildman–Crippen LogP) is 2.47. The van der Waals surface area contributed by atoms with Crippen LogP contribution in [-0.2, 0) is 6.54 Å². The molecule has 0 amide bonds. The minimum Gasteiger partial charge on any atom is -0.396 e. The van der Waals surface area contributed by atoms with E-state index >= 15 is 0 Å². The molecular weight excluding hydrogens is 262 g/mol. The highest BCUT2D eigenvalue weighted by molar-refractivity contribution is 5.30. The van der Waals surface area contributed by atoms with E-state index in [0.29, 0.717) is 12.5 Å². The molecule has 0 radical (unpaired) electrons. The lowest BCUT2D eigenvalue weighted by Gasteiger charge is -2.31. The zero-order chi connectivity index (χ0) is 14.5. The molecule has 1 aliphatic heterocycles. The second-order valence-corrected chi connectivity index (χ2v) is 5.84. The first-order chi connectivity index (χ1) is 10.3. The molecule has 4 nitrogen and oxygen atoms in total. The Labute approximate surface area is 126 Å². The Kier molecular flexibility index (Phi) is 4.68. The molecule has 1 aliphatic rings. The van der Waals surface area contributed by atoms with Crippen molar-refractivity contribution in [3.63, 3.8) is 0 Å². The average molecular weight is 285 g/mol. The van der Waals surface area contributed by atoms with Crippen LogP contribution in [-0.4, -0.2) is 39.5 Å². The summed E-state index contributed by atoms with van der Waals surface area (Å²) in [6.07, 6.45) is 5.42. The molecule has 112 valence electrons. The first-order valence-electron chi connectivity index (χ1n) is 7.78. The number of para-hydroxylation sites is 1. The van der Waals surface area contributed by atoms with Gasteiger partial charge in [-0.2, -0.15) is 5.10 Å². The lowest BCUT2D eigenvalue weighted by molar-refractivity contribution is 0.141. The quantitative estimate of drug-likeness (QED) is 0.917. The third-order valence-corrected chi connectivity index (χ3v) is 4.19. The largest absolute Gasteiger partial charge is 0.396 e. The lowest BCUT2D eigenvalue weighted by atomic mass is 9.95. The Morgan fingerprint density at radius 2 is 2.05 bits per heavy atom. The van der Waals surface area contributed by atoms with Gasteiger partial charge in [-0.1, -0.05) is 18.2 Å². The van der Waals surface area contributed by atoms with Crippen LogP contribution in [0.3, 0.4) is 0 Å². The van der Waals surface area contributed by atoms with Crippen molar-refractivity contribution in [1.82, 2.24) is 14.7 Å². The Hall–Kier alpha value is -1.65. The van der Waals surface area contributed by atoms with Crippen molar-refractivity contribution in [2.24, 2.45) is 5.92 Å². The van der Waals surface area contributed by atoms with E-state index in [1.165, 1.54) is 12.8 Å². The van der Waals surface area contributed by atoms with Crippen LogP contribution in [0, 0.1) is 5.92 Å². The summed E-state index contributed by atoms with van der Waals surface area (Å²) in [5.41, 5.74) is 2.21. The molecule has 0 bridgehead atoms. The number of rotatable bonds is 5. The summed E-state index contributed by atoms with van der Waals surface area (Å²) >= 11 is 0. The van der Waals surface area contributed by atoms with Crippen molar-refractivity contribution in [2.75, 3.05) is 19.7 Å². The molecule has 0 saturated carbocycles. The summed E-state index contributed by atoms with van der Waals surface area (Å²) in [4.78, 5) is 2.46. The molecule has 1 atom stereocenters. The molecule has 1 saturated heterocycles. The van der Waals surface area contributed by atoms with E-state index in [4.69, 9.17) is 5.11 Å². The molecule has 1 aromatic heterocycles. The number of nitrogens with zero attached hydrogens (tertiary/aromatic N) is 3. The Bertz CT molecular complexity index is 550. The molecule has 0 spiro atoms. The summed E-state index contributed by atoms with van der Waals surface area (Å²) < 4.78 is 1.94. The third kappa shape index (κ3) is 3.71. The summed E-state index contributed by atoms with van der Waals surface area (Å²) in [5, 5.41) is 13.8. The number of benzene rings is 1. The Morgan fingerprint density at radius 1 is 1.19 bits per heavy atom. The minimum atomic E-state index is 0.307. The third-order valence-electron chi connectivity index (χ3n) is 4.19. The van der Waals surface area contributed by atoms with E-state index in [2.05, 4.69) is 28.2 Å². The van der Waals surface area contributed by atoms with E-state index in [1.54, 1.807) is 0 Å². The van der Waals surface area contributed by atoms with Crippen molar-refractivity contribution in [3.05, 3.63) is 48.3 Å². The van der Waals surface area contributed by atoms with Gasteiger partial charge in [0.05, 0.1) is 11.4 Å². The summed E-state index contributed by atoms with van der Waals surface area (Å²) in [5.74, 6) is 0.639. The van der Waals surface area contributed by atoms with Crippen LogP contribution < -0.4 is 0 Å². The number of piperidine rings is 1. The van der Waals surface area contributed by atoms with Crippen LogP contribution in [0.2, 0.25) is 0 Å². The SMILES string of the molecule is OCCC1CCCN(Cc2ccn(-c3ccccc3)n2)C1. The van der Waals surface area contributed by atoms with Gasteiger partial charge in [-0.15, -0.1) is 0 Å². The van der Waals surface area contributed by atoms with Gasteiger partial charge in [-0.05, 0) is 49.9 Å². The molecule has 1 N–H and O–H groups in total. The molecular formula is C17H23N3O. The number of hydrogen-bond donors (Lipinski definition) is 1. The number of likely N-dealkylation sites (tertiary alicyclic amines) is 1. The van der Waals surface area contributed by atoms with Gasteiger partial charge in [-0.25, -0.2) is 4.68 Å². The van der Waals surface area contributed by atoms with E-state index in [9.17, 15) is 0 Å². The van der Waals surface area contributed by atoms with Gasteiger partial charge in [0.2, 0.25) is 0 Å². The van der Waals surface area contributed by atoms with E-state index < -0.39 is 0 Å². The predicted molar refractivity (Wildman–Crippen MR) is 83.3 cm³/mol. The molecule has 2 aromatic rings. The normalized spacial score (nSPS) is 19.8. The fourth-order valence-electron chi connectivity index (χ4n) is 3.11. The maximum atomic E-state index is 9.09. The van der Waals surface area contributed by atoms with Crippen LogP contribution >= 0.6 is 0 Å². The molecule has 0 aliphatic carbocycles. The van der Waals surface area contributed by atoms with Crippen molar-refractivity contribution in [2.45, 2.75) is 25.8 Å². The van der Waals surface area contributed by atoms with Crippen molar-refractivity contribution in [3.8, 4) is 5.69 Å². The topological polar surface area (TPSA) is 41.3 Å². The standard InChI is InChI=1S/C17H23N3O/c21-12-9-15-5-4-10-19(13-15)14-16-8-11-20(18-16)17-6-2-1-3-7-17/h1-3,6-8,11,15,21H,4-5,9-10,12-14H2. The fraction of sp³-hybridized carbons (Fsp3) is 0.471. The molecule has 3 rings (SSSR count). The zero-order valence-electron chi connectivity index (χ0n) is 12.4. The summed E-state index contributed by atoms with van der Waals surface area (Å²) in [6, 6.07) is 12.3. The number of aliphatic hydroxyl groups is 1. The monoisotopic (exact) mass is 285 g/mol. The van der Waals surface area contributed by atoms with E-state index in [-0.39, 0.29) is 0 Å². The van der Waals surface area contributed by atoms with E-state index in [1.807, 2.05) is 29.1 Å². The molecule has 4 heteroatoms. The average Bonchev–Trinajstić information content (AvgIpc) is 2.97. The van der Waals surface area contributed by atoms with Crippen molar-refractivity contribution < 1.29 is 5.11 Å². The number of aromatic nitrogens is 2. The highest BCUT2D eigenvalue weighted by Crippen LogP contribution is 2.20. The molecule has 1 fully saturated rings. The van der Waals surface area contributed by atoms with Crippen LogP contribution in [0.1, 0.15) is 25.0 Å². The molecule has 1 unspecified atom stereocenters. The number of aliphatic hydroxyl groups excluding tert-OH is 1. The van der Waals surface area contributed by atoms with Gasteiger partial charge in [0, 0.05) is 25.9 Å². The Balaban J connectivity index is 1.62. The molecule has 2 heterocycles. The van der Waals surface area contributed by atoms with Crippen LogP contribution in [0.4, 0.5) is 0 Å². The van der Waals surface area contributed by atoms with Crippen molar-refractivity contribution >= 4 is 0 Å². The highest BCUT2D eigenvalue weighted by atomic mass is 16.3. The first kappa shape index (κ1) is 14.3. The minimum absolute atomic E-state index is 0.307. The second-order valence-electron chi connectivity index (χ2n) is 5.84. The van der Waals surface area contributed by atoms with Crippen molar-refractivity contribution in [1.29, 1.82) is 0 Å². The summed E-state index contributed by atoms with van der Waals surface area (Å²) in [7, 11) is 0. The van der Waals surface area contributed by atoms with E-state index in [0.717, 1.165) is 37.4 Å².